The number of aliphatic hydroxyl groups is 1. The van der Waals surface area contributed by atoms with Gasteiger partial charge in [0.25, 0.3) is 0 Å². The summed E-state index contributed by atoms with van der Waals surface area (Å²) in [5, 5.41) is 24.0. The van der Waals surface area contributed by atoms with Crippen molar-refractivity contribution in [1.29, 1.82) is 5.26 Å². The number of ether oxygens (including phenoxy) is 2. The number of aromatic nitrogens is 3. The van der Waals surface area contributed by atoms with E-state index in [2.05, 4.69) is 20.7 Å². The van der Waals surface area contributed by atoms with E-state index in [1.54, 1.807) is 12.1 Å². The quantitative estimate of drug-likeness (QED) is 0.279. The molecule has 1 saturated heterocycles. The molecular formula is C13H16N5O7P. The van der Waals surface area contributed by atoms with Gasteiger partial charge in [0, 0.05) is 6.42 Å². The topological polar surface area (TPSA) is 185 Å². The number of nitrogens with zero attached hydrogens (tertiary/aromatic N) is 4. The summed E-state index contributed by atoms with van der Waals surface area (Å²) in [5.41, 5.74) is 5.15. The van der Waals surface area contributed by atoms with Crippen LogP contribution in [-0.2, 0) is 24.2 Å². The molecule has 0 amide bonds. The molecule has 1 aliphatic heterocycles. The lowest BCUT2D eigenvalue weighted by Crippen LogP contribution is -2.29. The van der Waals surface area contributed by atoms with Gasteiger partial charge in [-0.05, 0) is 12.1 Å². The van der Waals surface area contributed by atoms with Crippen molar-refractivity contribution >= 4 is 19.2 Å². The van der Waals surface area contributed by atoms with Crippen LogP contribution in [0.1, 0.15) is 12.1 Å². The lowest BCUT2D eigenvalue weighted by molar-refractivity contribution is -0.0941. The number of nitrogen functional groups attached to an aromatic ring is 1. The summed E-state index contributed by atoms with van der Waals surface area (Å²) in [4.78, 5) is 21.1. The fraction of sp³-hybridized carbons (Fsp3) is 0.462. The number of hydrogen-bond acceptors (Lipinski definition) is 9. The lowest BCUT2D eigenvalue weighted by Gasteiger charge is -2.21. The van der Waals surface area contributed by atoms with Crippen molar-refractivity contribution < 1.29 is 33.5 Å². The van der Waals surface area contributed by atoms with E-state index in [0.29, 0.717) is 11.2 Å². The lowest BCUT2D eigenvalue weighted by atomic mass is 9.96. The van der Waals surface area contributed by atoms with Gasteiger partial charge in [-0.15, -0.1) is 0 Å². The van der Waals surface area contributed by atoms with Crippen molar-refractivity contribution in [3.8, 4) is 6.07 Å². The average Bonchev–Trinajstić information content (AvgIpc) is 3.14. The summed E-state index contributed by atoms with van der Waals surface area (Å²) >= 11 is 0. The van der Waals surface area contributed by atoms with Crippen LogP contribution in [0.3, 0.4) is 0 Å². The number of nitrogens with two attached hydrogens (primary N) is 1. The number of aliphatic hydroxyl groups excluding tert-OH is 1. The number of anilines is 1. The molecule has 0 aliphatic carbocycles. The molecule has 12 nitrogen and oxygen atoms in total. The van der Waals surface area contributed by atoms with Crippen molar-refractivity contribution in [2.75, 3.05) is 19.1 Å². The zero-order valence-electron chi connectivity index (χ0n) is 13.3. The molecule has 140 valence electrons. The second kappa shape index (κ2) is 6.90. The predicted octanol–water partition coefficient (Wildman–Crippen LogP) is -0.736. The Kier molecular flexibility index (Phi) is 4.96. The molecule has 3 heterocycles. The molecule has 3 atom stereocenters. The van der Waals surface area contributed by atoms with Crippen LogP contribution in [0.2, 0.25) is 0 Å². The Bertz CT molecular complexity index is 893. The van der Waals surface area contributed by atoms with Crippen LogP contribution in [0, 0.1) is 11.3 Å². The van der Waals surface area contributed by atoms with Crippen molar-refractivity contribution in [2.24, 2.45) is 0 Å². The highest BCUT2D eigenvalue weighted by molar-refractivity contribution is 7.46. The molecule has 0 radical (unpaired) electrons. The highest BCUT2D eigenvalue weighted by atomic mass is 31.2. The van der Waals surface area contributed by atoms with E-state index in [0.717, 1.165) is 0 Å². The molecule has 26 heavy (non-hydrogen) atoms. The van der Waals surface area contributed by atoms with Gasteiger partial charge in [-0.1, -0.05) is 0 Å². The molecule has 2 aromatic heterocycles. The first kappa shape index (κ1) is 18.7. The van der Waals surface area contributed by atoms with Gasteiger partial charge < -0.3 is 30.1 Å². The van der Waals surface area contributed by atoms with Gasteiger partial charge in [0.1, 0.15) is 24.0 Å². The van der Waals surface area contributed by atoms with E-state index in [1.165, 1.54) is 10.8 Å². The number of nitriles is 1. The van der Waals surface area contributed by atoms with Crippen LogP contribution in [0.15, 0.2) is 18.5 Å². The van der Waals surface area contributed by atoms with Gasteiger partial charge in [-0.3, -0.25) is 4.52 Å². The molecule has 0 aromatic carbocycles. The minimum Gasteiger partial charge on any atom is -0.390 e. The number of rotatable bonds is 6. The average molecular weight is 385 g/mol. The van der Waals surface area contributed by atoms with Crippen LogP contribution in [-0.4, -0.2) is 55.1 Å². The Morgan fingerprint density at radius 1 is 1.54 bits per heavy atom. The number of phosphoric acid groups is 1. The van der Waals surface area contributed by atoms with Gasteiger partial charge in [-0.25, -0.2) is 14.1 Å². The maximum Gasteiger partial charge on any atom is 0.471 e. The molecule has 13 heteroatoms. The summed E-state index contributed by atoms with van der Waals surface area (Å²) < 4.78 is 26.9. The van der Waals surface area contributed by atoms with E-state index < -0.39 is 32.4 Å². The van der Waals surface area contributed by atoms with E-state index in [9.17, 15) is 14.9 Å². The summed E-state index contributed by atoms with van der Waals surface area (Å²) in [6, 6.07) is 5.29. The summed E-state index contributed by atoms with van der Waals surface area (Å²) in [6.45, 7) is -0.917. The minimum absolute atomic E-state index is 0.0487. The molecule has 0 saturated carbocycles. The first-order chi connectivity index (χ1) is 12.3. The van der Waals surface area contributed by atoms with Crippen molar-refractivity contribution in [3.05, 3.63) is 24.2 Å². The minimum atomic E-state index is -4.66. The van der Waals surface area contributed by atoms with Crippen LogP contribution >= 0.6 is 7.82 Å². The van der Waals surface area contributed by atoms with E-state index >= 15 is 0 Å². The Hall–Kier alpha value is -2.10. The first-order valence-electron chi connectivity index (χ1n) is 7.39. The van der Waals surface area contributed by atoms with Gasteiger partial charge in [0.15, 0.2) is 18.2 Å². The Morgan fingerprint density at radius 2 is 2.31 bits per heavy atom. The number of hydrogen-bond donors (Lipinski definition) is 4. The van der Waals surface area contributed by atoms with Gasteiger partial charge >= 0.3 is 7.82 Å². The van der Waals surface area contributed by atoms with Crippen molar-refractivity contribution in [2.45, 2.75) is 24.2 Å². The van der Waals surface area contributed by atoms with Crippen molar-refractivity contribution in [1.82, 2.24) is 14.6 Å². The Balaban J connectivity index is 1.77. The zero-order valence-corrected chi connectivity index (χ0v) is 14.2. The zero-order chi connectivity index (χ0) is 18.9. The molecule has 3 rings (SSSR count). The molecule has 1 aliphatic rings. The van der Waals surface area contributed by atoms with Gasteiger partial charge in [-0.2, -0.15) is 10.4 Å². The molecule has 1 fully saturated rings. The van der Waals surface area contributed by atoms with E-state index in [1.807, 2.05) is 0 Å². The van der Waals surface area contributed by atoms with Gasteiger partial charge in [0.05, 0.1) is 18.4 Å². The molecule has 0 spiro atoms. The number of fused-ring (bicyclic) bond motifs is 1. The normalized spacial score (nSPS) is 26.2. The smallest absolute Gasteiger partial charge is 0.390 e. The second-order valence-corrected chi connectivity index (χ2v) is 6.88. The molecule has 1 unspecified atom stereocenters. The van der Waals surface area contributed by atoms with Crippen LogP contribution in [0.4, 0.5) is 5.82 Å². The maximum absolute atomic E-state index is 10.6. The summed E-state index contributed by atoms with van der Waals surface area (Å²) in [6.07, 6.45) is -0.760. The summed E-state index contributed by atoms with van der Waals surface area (Å²) in [5.74, 6) is 0.229. The Labute approximate surface area is 147 Å². The second-order valence-electron chi connectivity index (χ2n) is 5.64. The molecule has 2 aromatic rings. The third-order valence-electron chi connectivity index (χ3n) is 3.94. The fourth-order valence-electron chi connectivity index (χ4n) is 2.78. The maximum atomic E-state index is 10.6. The Morgan fingerprint density at radius 3 is 3.00 bits per heavy atom. The molecule has 5 N–H and O–H groups in total. The highest BCUT2D eigenvalue weighted by Gasteiger charge is 2.49. The summed E-state index contributed by atoms with van der Waals surface area (Å²) in [7, 11) is -4.66. The van der Waals surface area contributed by atoms with Crippen LogP contribution in [0.25, 0.3) is 5.52 Å². The third-order valence-corrected chi connectivity index (χ3v) is 4.38. The van der Waals surface area contributed by atoms with Gasteiger partial charge in [0.2, 0.25) is 0 Å². The molecular weight excluding hydrogens is 369 g/mol. The van der Waals surface area contributed by atoms with E-state index in [-0.39, 0.29) is 18.8 Å². The predicted molar refractivity (Wildman–Crippen MR) is 84.1 cm³/mol. The largest absolute Gasteiger partial charge is 0.471 e. The van der Waals surface area contributed by atoms with E-state index in [4.69, 9.17) is 25.0 Å². The number of phosphoric ester groups is 1. The SMILES string of the molecule is N#C[C@]1(c2ccc3c(N)ncnn23)C[C@H](O)C(COCOP(=O)(O)O)O1. The molecule has 0 bridgehead atoms. The third kappa shape index (κ3) is 3.55. The van der Waals surface area contributed by atoms with Crippen molar-refractivity contribution in [3.63, 3.8) is 0 Å². The van der Waals surface area contributed by atoms with Crippen LogP contribution < -0.4 is 5.73 Å². The standard InChI is InChI=1S/C13H16N5O7P/c14-5-13(11-2-1-8-12(15)16-6-17-18(8)11)3-9(19)10(25-13)4-23-7-24-26(20,21)22/h1-2,6,9-10,19H,3-4,7H2,(H2,15,16,17)(H2,20,21,22)/t9-,10?,13-/m0/s1. The fourth-order valence-corrected chi connectivity index (χ4v) is 2.99. The first-order valence-corrected chi connectivity index (χ1v) is 8.92. The van der Waals surface area contributed by atoms with Crippen LogP contribution in [0.5, 0.6) is 0 Å². The highest BCUT2D eigenvalue weighted by Crippen LogP contribution is 2.40. The monoisotopic (exact) mass is 385 g/mol.